The van der Waals surface area contributed by atoms with Gasteiger partial charge in [-0.1, -0.05) is 0 Å². The van der Waals surface area contributed by atoms with Crippen LogP contribution in [-0.4, -0.2) is 58.5 Å². The maximum Gasteiger partial charge on any atom is 0.389 e. The number of alkyl halides is 3. The molecule has 2 aromatic rings. The molecule has 3 rings (SSSR count). The van der Waals surface area contributed by atoms with E-state index in [1.54, 1.807) is 26.0 Å². The minimum atomic E-state index is -4.36. The van der Waals surface area contributed by atoms with Gasteiger partial charge in [0, 0.05) is 56.2 Å². The normalized spacial score (nSPS) is 17.0. The third-order valence-corrected chi connectivity index (χ3v) is 5.95. The lowest BCUT2D eigenvalue weighted by molar-refractivity contribution is -0.151. The highest BCUT2D eigenvalue weighted by molar-refractivity contribution is 6.04. The van der Waals surface area contributed by atoms with Crippen LogP contribution in [0.3, 0.4) is 0 Å². The van der Waals surface area contributed by atoms with Crippen molar-refractivity contribution in [3.63, 3.8) is 0 Å². The molecule has 34 heavy (non-hydrogen) atoms. The maximum atomic E-state index is 14.4. The largest absolute Gasteiger partial charge is 0.389 e. The first-order valence-electron chi connectivity index (χ1n) is 11.0. The van der Waals surface area contributed by atoms with Gasteiger partial charge in [0.25, 0.3) is 5.91 Å². The minimum Gasteiger partial charge on any atom is -0.337 e. The maximum absolute atomic E-state index is 14.4. The van der Waals surface area contributed by atoms with E-state index in [1.165, 1.54) is 23.2 Å². The second-order valence-corrected chi connectivity index (χ2v) is 8.67. The fourth-order valence-electron chi connectivity index (χ4n) is 4.01. The number of carbonyl (C=O) groups excluding carboxylic acids is 2. The predicted octanol–water partition coefficient (Wildman–Crippen LogP) is 4.47. The number of amides is 2. The van der Waals surface area contributed by atoms with Gasteiger partial charge in [-0.2, -0.15) is 13.2 Å². The van der Waals surface area contributed by atoms with Gasteiger partial charge >= 0.3 is 6.18 Å². The highest BCUT2D eigenvalue weighted by atomic mass is 19.4. The van der Waals surface area contributed by atoms with E-state index in [2.05, 4.69) is 10.3 Å². The van der Waals surface area contributed by atoms with Gasteiger partial charge < -0.3 is 10.2 Å². The summed E-state index contributed by atoms with van der Waals surface area (Å²) in [4.78, 5) is 32.4. The van der Waals surface area contributed by atoms with Gasteiger partial charge in [0.1, 0.15) is 5.82 Å². The summed E-state index contributed by atoms with van der Waals surface area (Å²) in [5.41, 5.74) is 2.88. The molecular weight excluding hydrogens is 452 g/mol. The quantitative estimate of drug-likeness (QED) is 0.620. The molecule has 0 unspecified atom stereocenters. The number of anilines is 1. The molecule has 1 aromatic carbocycles. The van der Waals surface area contributed by atoms with Crippen molar-refractivity contribution < 1.29 is 27.2 Å². The van der Waals surface area contributed by atoms with Crippen molar-refractivity contribution in [2.24, 2.45) is 0 Å². The number of nitrogens with zero attached hydrogens (tertiary/aromatic N) is 3. The van der Waals surface area contributed by atoms with Gasteiger partial charge in [-0.15, -0.1) is 0 Å². The number of halogens is 4. The summed E-state index contributed by atoms with van der Waals surface area (Å²) < 4.78 is 51.7. The monoisotopic (exact) mass is 480 g/mol. The summed E-state index contributed by atoms with van der Waals surface area (Å²) in [7, 11) is 0. The SMILES string of the molecule is Cc1ccc(C(=O)Nc2cc(F)cc(CN3CCN(C(=O)CCC(F)(F)F)[C@@H](C)C3)c2C)cn1. The van der Waals surface area contributed by atoms with E-state index in [1.807, 2.05) is 11.8 Å². The smallest absolute Gasteiger partial charge is 0.337 e. The third kappa shape index (κ3) is 6.75. The molecule has 184 valence electrons. The molecule has 0 aliphatic carbocycles. The second kappa shape index (κ2) is 10.5. The predicted molar refractivity (Wildman–Crippen MR) is 120 cm³/mol. The lowest BCUT2D eigenvalue weighted by atomic mass is 10.0. The van der Waals surface area contributed by atoms with Gasteiger partial charge in [0.05, 0.1) is 12.0 Å². The molecule has 2 amide bonds. The van der Waals surface area contributed by atoms with Crippen LogP contribution in [0.15, 0.2) is 30.5 Å². The molecule has 1 aliphatic rings. The topological polar surface area (TPSA) is 65.5 Å². The van der Waals surface area contributed by atoms with Crippen molar-refractivity contribution in [2.75, 3.05) is 25.0 Å². The molecule has 1 atom stereocenters. The summed E-state index contributed by atoms with van der Waals surface area (Å²) in [5, 5.41) is 2.74. The van der Waals surface area contributed by atoms with E-state index >= 15 is 0 Å². The van der Waals surface area contributed by atoms with Crippen molar-refractivity contribution >= 4 is 17.5 Å². The molecule has 1 N–H and O–H groups in total. The van der Waals surface area contributed by atoms with E-state index in [9.17, 15) is 27.2 Å². The lowest BCUT2D eigenvalue weighted by Gasteiger charge is -2.40. The first-order valence-corrected chi connectivity index (χ1v) is 11.0. The third-order valence-electron chi connectivity index (χ3n) is 5.95. The number of hydrogen-bond donors (Lipinski definition) is 1. The van der Waals surface area contributed by atoms with Gasteiger partial charge in [-0.25, -0.2) is 4.39 Å². The Morgan fingerprint density at radius 1 is 1.18 bits per heavy atom. The van der Waals surface area contributed by atoms with Crippen LogP contribution in [0.4, 0.5) is 23.2 Å². The lowest BCUT2D eigenvalue weighted by Crippen LogP contribution is -2.53. The Hall–Kier alpha value is -3.01. The number of aromatic nitrogens is 1. The van der Waals surface area contributed by atoms with Crippen LogP contribution in [0, 0.1) is 19.7 Å². The fourth-order valence-corrected chi connectivity index (χ4v) is 4.01. The van der Waals surface area contributed by atoms with Gasteiger partial charge in [0.2, 0.25) is 5.91 Å². The molecule has 0 bridgehead atoms. The van der Waals surface area contributed by atoms with Crippen LogP contribution in [0.5, 0.6) is 0 Å². The molecule has 6 nitrogen and oxygen atoms in total. The van der Waals surface area contributed by atoms with Crippen LogP contribution < -0.4 is 5.32 Å². The molecule has 10 heteroatoms. The number of aryl methyl sites for hydroxylation is 1. The molecule has 2 heterocycles. The number of piperazine rings is 1. The zero-order valence-corrected chi connectivity index (χ0v) is 19.4. The number of hydrogen-bond acceptors (Lipinski definition) is 4. The fraction of sp³-hybridized carbons (Fsp3) is 0.458. The Morgan fingerprint density at radius 3 is 2.53 bits per heavy atom. The van der Waals surface area contributed by atoms with Gasteiger partial charge in [0.15, 0.2) is 0 Å². The molecule has 1 aromatic heterocycles. The number of carbonyl (C=O) groups is 2. The van der Waals surface area contributed by atoms with Gasteiger partial charge in [-0.3, -0.25) is 19.5 Å². The standard InChI is InChI=1S/C24H28F4N4O2/c1-15-4-5-18(12-29-15)23(34)30-21-11-20(25)10-19(17(21)3)14-31-8-9-32(16(2)13-31)22(33)6-7-24(26,27)28/h4-5,10-12,16H,6-9,13-14H2,1-3H3,(H,30,34)/t16-/m0/s1. The van der Waals surface area contributed by atoms with E-state index in [0.717, 1.165) is 5.69 Å². The molecule has 0 spiro atoms. The Balaban J connectivity index is 1.65. The zero-order chi connectivity index (χ0) is 25.0. The van der Waals surface area contributed by atoms with E-state index in [0.29, 0.717) is 48.6 Å². The average molecular weight is 481 g/mol. The molecule has 1 fully saturated rings. The van der Waals surface area contributed by atoms with E-state index in [4.69, 9.17) is 0 Å². The summed E-state index contributed by atoms with van der Waals surface area (Å²) in [6.07, 6.45) is -4.60. The summed E-state index contributed by atoms with van der Waals surface area (Å²) in [5.74, 6) is -1.40. The van der Waals surface area contributed by atoms with Crippen molar-refractivity contribution in [1.29, 1.82) is 0 Å². The molecule has 1 aliphatic heterocycles. The van der Waals surface area contributed by atoms with Crippen LogP contribution in [-0.2, 0) is 11.3 Å². The van der Waals surface area contributed by atoms with Crippen LogP contribution in [0.2, 0.25) is 0 Å². The number of pyridine rings is 1. The zero-order valence-electron chi connectivity index (χ0n) is 19.4. The van der Waals surface area contributed by atoms with E-state index < -0.39 is 36.6 Å². The molecule has 0 radical (unpaired) electrons. The first kappa shape index (κ1) is 25.6. The first-order chi connectivity index (χ1) is 15.9. The van der Waals surface area contributed by atoms with Crippen LogP contribution >= 0.6 is 0 Å². The average Bonchev–Trinajstić information content (AvgIpc) is 2.75. The Labute approximate surface area is 196 Å². The van der Waals surface area contributed by atoms with Crippen molar-refractivity contribution in [3.8, 4) is 0 Å². The Bertz CT molecular complexity index is 1040. The minimum absolute atomic E-state index is 0.267. The molecule has 1 saturated heterocycles. The van der Waals surface area contributed by atoms with Crippen molar-refractivity contribution in [2.45, 2.75) is 52.4 Å². The van der Waals surface area contributed by atoms with Gasteiger partial charge in [-0.05, 0) is 56.2 Å². The highest BCUT2D eigenvalue weighted by Crippen LogP contribution is 2.26. The Kier molecular flexibility index (Phi) is 7.91. The van der Waals surface area contributed by atoms with Crippen molar-refractivity contribution in [1.82, 2.24) is 14.8 Å². The Morgan fingerprint density at radius 2 is 1.91 bits per heavy atom. The molecule has 0 saturated carbocycles. The van der Waals surface area contributed by atoms with E-state index in [-0.39, 0.29) is 6.04 Å². The number of rotatable bonds is 6. The summed E-state index contributed by atoms with van der Waals surface area (Å²) >= 11 is 0. The highest BCUT2D eigenvalue weighted by Gasteiger charge is 2.32. The molecular formula is C24H28F4N4O2. The number of benzene rings is 1. The van der Waals surface area contributed by atoms with Crippen LogP contribution in [0.25, 0.3) is 0 Å². The van der Waals surface area contributed by atoms with Crippen molar-refractivity contribution in [3.05, 3.63) is 58.7 Å². The summed E-state index contributed by atoms with van der Waals surface area (Å²) in [6.45, 7) is 6.97. The second-order valence-electron chi connectivity index (χ2n) is 8.67. The van der Waals surface area contributed by atoms with Crippen LogP contribution in [0.1, 0.15) is 46.9 Å². The summed E-state index contributed by atoms with van der Waals surface area (Å²) in [6, 6.07) is 5.76. The number of nitrogens with one attached hydrogen (secondary N) is 1.